The molecule has 3 unspecified atom stereocenters. The van der Waals surface area contributed by atoms with Crippen molar-refractivity contribution in [3.63, 3.8) is 0 Å². The van der Waals surface area contributed by atoms with Gasteiger partial charge < -0.3 is 10.6 Å². The van der Waals surface area contributed by atoms with E-state index in [1.807, 2.05) is 0 Å². The summed E-state index contributed by atoms with van der Waals surface area (Å²) in [7, 11) is 1.49. The molecule has 3 N–H and O–H groups in total. The molecule has 0 aromatic carbocycles. The van der Waals surface area contributed by atoms with E-state index >= 15 is 0 Å². The lowest BCUT2D eigenvalue weighted by molar-refractivity contribution is -0.121. The number of carbonyl (C=O) groups excluding carboxylic acids is 2. The summed E-state index contributed by atoms with van der Waals surface area (Å²) in [6.07, 6.45) is 3.53. The molecule has 1 aliphatic carbocycles. The molecule has 92 valence electrons. The molecule has 0 radical (unpaired) electrons. The van der Waals surface area contributed by atoms with Crippen LogP contribution in [0.5, 0.6) is 0 Å². The maximum absolute atomic E-state index is 11.6. The number of rotatable bonds is 3. The Morgan fingerprint density at radius 3 is 2.50 bits per heavy atom. The number of imide groups is 1. The molecule has 0 aliphatic heterocycles. The summed E-state index contributed by atoms with van der Waals surface area (Å²) in [5.41, 5.74) is 0. The van der Waals surface area contributed by atoms with E-state index in [4.69, 9.17) is 0 Å². The van der Waals surface area contributed by atoms with Crippen LogP contribution in [0.3, 0.4) is 0 Å². The summed E-state index contributed by atoms with van der Waals surface area (Å²) in [6.45, 7) is 3.97. The van der Waals surface area contributed by atoms with Crippen molar-refractivity contribution < 1.29 is 9.59 Å². The van der Waals surface area contributed by atoms with E-state index in [0.717, 1.165) is 6.42 Å². The van der Waals surface area contributed by atoms with Gasteiger partial charge in [-0.15, -0.1) is 0 Å². The lowest BCUT2D eigenvalue weighted by Crippen LogP contribution is -2.50. The van der Waals surface area contributed by atoms with Gasteiger partial charge in [-0.05, 0) is 25.7 Å². The minimum Gasteiger partial charge on any atom is -0.341 e. The number of hydrogen-bond donors (Lipinski definition) is 3. The Labute approximate surface area is 96.4 Å². The third kappa shape index (κ3) is 3.48. The molecule has 1 aliphatic rings. The van der Waals surface area contributed by atoms with Crippen molar-refractivity contribution in [1.82, 2.24) is 16.0 Å². The summed E-state index contributed by atoms with van der Waals surface area (Å²) >= 11 is 0. The first-order valence-corrected chi connectivity index (χ1v) is 5.83. The van der Waals surface area contributed by atoms with E-state index in [9.17, 15) is 9.59 Å². The van der Waals surface area contributed by atoms with E-state index in [1.54, 1.807) is 6.92 Å². The van der Waals surface area contributed by atoms with Crippen molar-refractivity contribution in [2.45, 2.75) is 45.2 Å². The topological polar surface area (TPSA) is 70.2 Å². The number of hydrogen-bond acceptors (Lipinski definition) is 3. The zero-order valence-corrected chi connectivity index (χ0v) is 10.2. The highest BCUT2D eigenvalue weighted by Crippen LogP contribution is 2.24. The van der Waals surface area contributed by atoms with Crippen LogP contribution in [0.4, 0.5) is 4.79 Å². The number of amides is 3. The van der Waals surface area contributed by atoms with E-state index in [-0.39, 0.29) is 11.9 Å². The van der Waals surface area contributed by atoms with Crippen LogP contribution in [-0.2, 0) is 4.79 Å². The predicted molar refractivity (Wildman–Crippen MR) is 62.0 cm³/mol. The van der Waals surface area contributed by atoms with Crippen LogP contribution in [0.25, 0.3) is 0 Å². The first-order chi connectivity index (χ1) is 7.54. The van der Waals surface area contributed by atoms with E-state index in [2.05, 4.69) is 22.9 Å². The molecule has 5 nitrogen and oxygen atoms in total. The second kappa shape index (κ2) is 5.84. The van der Waals surface area contributed by atoms with Crippen molar-refractivity contribution in [2.75, 3.05) is 7.05 Å². The van der Waals surface area contributed by atoms with Gasteiger partial charge in [-0.3, -0.25) is 10.1 Å². The summed E-state index contributed by atoms with van der Waals surface area (Å²) in [4.78, 5) is 22.5. The van der Waals surface area contributed by atoms with Crippen molar-refractivity contribution in [3.05, 3.63) is 0 Å². The van der Waals surface area contributed by atoms with Crippen LogP contribution < -0.4 is 16.0 Å². The minimum absolute atomic E-state index is 0.279. The maximum atomic E-state index is 11.6. The summed E-state index contributed by atoms with van der Waals surface area (Å²) in [6, 6.07) is -0.397. The first kappa shape index (κ1) is 13.0. The first-order valence-electron chi connectivity index (χ1n) is 5.83. The fourth-order valence-corrected chi connectivity index (χ4v) is 2.07. The highest BCUT2D eigenvalue weighted by molar-refractivity contribution is 5.96. The van der Waals surface area contributed by atoms with Crippen LogP contribution in [0, 0.1) is 5.92 Å². The van der Waals surface area contributed by atoms with E-state index < -0.39 is 6.03 Å². The molecule has 16 heavy (non-hydrogen) atoms. The molecule has 0 spiro atoms. The van der Waals surface area contributed by atoms with Gasteiger partial charge in [0, 0.05) is 13.1 Å². The van der Waals surface area contributed by atoms with Crippen LogP contribution in [0.2, 0.25) is 0 Å². The molecule has 3 amide bonds. The molecule has 0 aromatic rings. The van der Waals surface area contributed by atoms with Gasteiger partial charge in [-0.1, -0.05) is 13.3 Å². The lowest BCUT2D eigenvalue weighted by Gasteiger charge is -2.21. The molecule has 1 fully saturated rings. The third-order valence-corrected chi connectivity index (χ3v) is 3.18. The smallest absolute Gasteiger partial charge is 0.321 e. The molecular formula is C11H21N3O2. The summed E-state index contributed by atoms with van der Waals surface area (Å²) in [5.74, 6) is 0.328. The van der Waals surface area contributed by atoms with Gasteiger partial charge in [-0.25, -0.2) is 4.79 Å². The molecule has 3 atom stereocenters. The monoisotopic (exact) mass is 227 g/mol. The van der Waals surface area contributed by atoms with Gasteiger partial charge in [0.25, 0.3) is 0 Å². The average molecular weight is 227 g/mol. The fraction of sp³-hybridized carbons (Fsp3) is 0.818. The molecule has 0 bridgehead atoms. The Morgan fingerprint density at radius 2 is 2.00 bits per heavy atom. The standard InChI is InChI=1S/C11H21N3O2/c1-7-5-4-6-9(7)13-8(2)10(15)14-11(16)12-3/h7-9,13H,4-6H2,1-3H3,(H2,12,14,15,16). The molecular weight excluding hydrogens is 206 g/mol. The predicted octanol–water partition coefficient (Wildman–Crippen LogP) is 0.609. The van der Waals surface area contributed by atoms with Crippen LogP contribution in [0.15, 0.2) is 0 Å². The van der Waals surface area contributed by atoms with Gasteiger partial charge in [-0.2, -0.15) is 0 Å². The zero-order chi connectivity index (χ0) is 12.1. The average Bonchev–Trinajstić information content (AvgIpc) is 2.64. The zero-order valence-electron chi connectivity index (χ0n) is 10.2. The molecule has 0 aromatic heterocycles. The molecule has 1 rings (SSSR count). The number of nitrogens with one attached hydrogen (secondary N) is 3. The second-order valence-corrected chi connectivity index (χ2v) is 4.47. The SMILES string of the molecule is CNC(=O)NC(=O)C(C)NC1CCCC1C. The highest BCUT2D eigenvalue weighted by Gasteiger charge is 2.26. The largest absolute Gasteiger partial charge is 0.341 e. The van der Waals surface area contributed by atoms with Crippen molar-refractivity contribution >= 4 is 11.9 Å². The second-order valence-electron chi connectivity index (χ2n) is 4.47. The van der Waals surface area contributed by atoms with Gasteiger partial charge in [0.1, 0.15) is 0 Å². The van der Waals surface area contributed by atoms with Gasteiger partial charge in [0.2, 0.25) is 5.91 Å². The highest BCUT2D eigenvalue weighted by atomic mass is 16.2. The van der Waals surface area contributed by atoms with Gasteiger partial charge >= 0.3 is 6.03 Å². The normalized spacial score (nSPS) is 26.2. The Hall–Kier alpha value is -1.10. The van der Waals surface area contributed by atoms with Gasteiger partial charge in [0.15, 0.2) is 0 Å². The van der Waals surface area contributed by atoms with Crippen molar-refractivity contribution in [2.24, 2.45) is 5.92 Å². The summed E-state index contributed by atoms with van der Waals surface area (Å²) in [5, 5.41) is 7.89. The Balaban J connectivity index is 2.36. The van der Waals surface area contributed by atoms with Gasteiger partial charge in [0.05, 0.1) is 6.04 Å². The van der Waals surface area contributed by atoms with E-state index in [0.29, 0.717) is 12.0 Å². The van der Waals surface area contributed by atoms with Crippen LogP contribution in [0.1, 0.15) is 33.1 Å². The van der Waals surface area contributed by atoms with Crippen molar-refractivity contribution in [3.8, 4) is 0 Å². The van der Waals surface area contributed by atoms with Crippen LogP contribution >= 0.6 is 0 Å². The molecule has 0 saturated heterocycles. The Bertz CT molecular complexity index is 268. The Kier molecular flexibility index (Phi) is 4.73. The summed E-state index contributed by atoms with van der Waals surface area (Å²) < 4.78 is 0. The third-order valence-electron chi connectivity index (χ3n) is 3.18. The Morgan fingerprint density at radius 1 is 1.31 bits per heavy atom. The lowest BCUT2D eigenvalue weighted by atomic mass is 10.1. The van der Waals surface area contributed by atoms with Crippen molar-refractivity contribution in [1.29, 1.82) is 0 Å². The molecule has 5 heteroatoms. The molecule has 1 saturated carbocycles. The maximum Gasteiger partial charge on any atom is 0.321 e. The number of urea groups is 1. The quantitative estimate of drug-likeness (QED) is 0.661. The number of carbonyl (C=O) groups is 2. The molecule has 0 heterocycles. The van der Waals surface area contributed by atoms with E-state index in [1.165, 1.54) is 19.9 Å². The fourth-order valence-electron chi connectivity index (χ4n) is 2.07. The van der Waals surface area contributed by atoms with Crippen LogP contribution in [-0.4, -0.2) is 31.1 Å². The minimum atomic E-state index is -0.460.